The van der Waals surface area contributed by atoms with E-state index in [4.69, 9.17) is 21.4 Å². The molecule has 0 saturated carbocycles. The molecule has 3 rings (SSSR count). The first kappa shape index (κ1) is 17.0. The Hall–Kier alpha value is -1.89. The first-order chi connectivity index (χ1) is 11.5. The van der Waals surface area contributed by atoms with Crippen molar-refractivity contribution in [3.8, 4) is 0 Å². The van der Waals surface area contributed by atoms with Gasteiger partial charge in [0.2, 0.25) is 5.91 Å². The number of thiophene rings is 1. The molecule has 1 aromatic carbocycles. The van der Waals surface area contributed by atoms with Gasteiger partial charge in [-0.25, -0.2) is 4.79 Å². The van der Waals surface area contributed by atoms with Crippen molar-refractivity contribution < 1.29 is 19.4 Å². The number of hydrogen-bond donors (Lipinski definition) is 2. The molecule has 0 radical (unpaired) electrons. The molecular weight excluding hydrogens is 350 g/mol. The van der Waals surface area contributed by atoms with Crippen LogP contribution in [0.5, 0.6) is 0 Å². The highest BCUT2D eigenvalue weighted by Crippen LogP contribution is 2.27. The Morgan fingerprint density at radius 3 is 2.46 bits per heavy atom. The van der Waals surface area contributed by atoms with Crippen LogP contribution in [0.25, 0.3) is 0 Å². The van der Waals surface area contributed by atoms with Crippen LogP contribution < -0.4 is 5.32 Å². The number of aliphatic carboxylic acids is 1. The molecule has 0 aliphatic carbocycles. The van der Waals surface area contributed by atoms with Gasteiger partial charge in [0.25, 0.3) is 0 Å². The number of halogens is 1. The summed E-state index contributed by atoms with van der Waals surface area (Å²) in [6.45, 7) is 0. The van der Waals surface area contributed by atoms with E-state index in [9.17, 15) is 9.59 Å². The second kappa shape index (κ2) is 7.34. The number of rotatable bonds is 5. The van der Waals surface area contributed by atoms with Crippen LogP contribution in [0.1, 0.15) is 30.0 Å². The second-order valence-electron chi connectivity index (χ2n) is 5.58. The van der Waals surface area contributed by atoms with E-state index in [2.05, 4.69) is 5.32 Å². The van der Waals surface area contributed by atoms with Crippen molar-refractivity contribution in [2.45, 2.75) is 31.1 Å². The van der Waals surface area contributed by atoms with E-state index in [1.807, 2.05) is 29.0 Å². The van der Waals surface area contributed by atoms with Crippen molar-refractivity contribution >= 4 is 34.8 Å². The van der Waals surface area contributed by atoms with Crippen LogP contribution in [0.15, 0.2) is 41.1 Å². The van der Waals surface area contributed by atoms with Crippen molar-refractivity contribution in [3.05, 3.63) is 57.2 Å². The van der Waals surface area contributed by atoms with Gasteiger partial charge in [-0.2, -0.15) is 11.3 Å². The summed E-state index contributed by atoms with van der Waals surface area (Å²) in [5.41, 5.74) is 1.86. The molecule has 1 amide bonds. The predicted molar refractivity (Wildman–Crippen MR) is 91.3 cm³/mol. The summed E-state index contributed by atoms with van der Waals surface area (Å²) in [7, 11) is 0. The fraction of sp³-hybridized carbons (Fsp3) is 0.294. The molecule has 0 spiro atoms. The van der Waals surface area contributed by atoms with Crippen LogP contribution in [-0.4, -0.2) is 29.2 Å². The number of hydrogen-bond acceptors (Lipinski definition) is 4. The van der Waals surface area contributed by atoms with E-state index in [0.29, 0.717) is 17.9 Å². The number of carboxylic acids is 1. The average Bonchev–Trinajstić information content (AvgIpc) is 3.25. The largest absolute Gasteiger partial charge is 0.479 e. The topological polar surface area (TPSA) is 75.6 Å². The maximum atomic E-state index is 12.5. The van der Waals surface area contributed by atoms with E-state index >= 15 is 0 Å². The molecule has 2 aromatic rings. The van der Waals surface area contributed by atoms with Gasteiger partial charge >= 0.3 is 5.97 Å². The van der Waals surface area contributed by atoms with Crippen LogP contribution in [-0.2, 0) is 14.3 Å². The molecule has 1 aromatic heterocycles. The SMILES string of the molecule is O=C(NC(c1ccc(Cl)cc1)c1ccsc1)[C@@H]1CC[C@H](C(=O)O)O1. The summed E-state index contributed by atoms with van der Waals surface area (Å²) in [5, 5.41) is 16.5. The molecule has 1 aliphatic rings. The summed E-state index contributed by atoms with van der Waals surface area (Å²) in [4.78, 5) is 23.5. The summed E-state index contributed by atoms with van der Waals surface area (Å²) in [6.07, 6.45) is -0.896. The number of carboxylic acid groups (broad SMARTS) is 1. The van der Waals surface area contributed by atoms with E-state index in [0.717, 1.165) is 11.1 Å². The van der Waals surface area contributed by atoms with Gasteiger partial charge in [-0.3, -0.25) is 4.79 Å². The second-order valence-corrected chi connectivity index (χ2v) is 6.80. The van der Waals surface area contributed by atoms with Crippen molar-refractivity contribution in [1.82, 2.24) is 5.32 Å². The Bertz CT molecular complexity index is 717. The minimum Gasteiger partial charge on any atom is -0.479 e. The Labute approximate surface area is 148 Å². The van der Waals surface area contributed by atoms with Gasteiger partial charge < -0.3 is 15.2 Å². The van der Waals surface area contributed by atoms with Crippen LogP contribution in [0.4, 0.5) is 0 Å². The van der Waals surface area contributed by atoms with Gasteiger partial charge in [0.1, 0.15) is 6.10 Å². The molecule has 2 heterocycles. The van der Waals surface area contributed by atoms with Crippen LogP contribution >= 0.6 is 22.9 Å². The first-order valence-electron chi connectivity index (χ1n) is 7.51. The van der Waals surface area contributed by atoms with Gasteiger partial charge in [-0.15, -0.1) is 0 Å². The summed E-state index contributed by atoms with van der Waals surface area (Å²) >= 11 is 7.48. The minimum absolute atomic E-state index is 0.301. The monoisotopic (exact) mass is 365 g/mol. The van der Waals surface area contributed by atoms with E-state index < -0.39 is 18.2 Å². The number of carbonyl (C=O) groups is 2. The summed E-state index contributed by atoms with van der Waals surface area (Å²) < 4.78 is 5.33. The minimum atomic E-state index is -1.03. The standard InChI is InChI=1S/C17H16ClNO4S/c18-12-3-1-10(2-4-12)15(11-7-8-24-9-11)19-16(20)13-5-6-14(23-13)17(21)22/h1-4,7-9,13-15H,5-6H2,(H,19,20)(H,21,22)/t13-,14+,15?/m0/s1. The lowest BCUT2D eigenvalue weighted by Crippen LogP contribution is -2.38. The number of benzene rings is 1. The third-order valence-electron chi connectivity index (χ3n) is 3.95. The van der Waals surface area contributed by atoms with Gasteiger partial charge in [0.05, 0.1) is 6.04 Å². The maximum Gasteiger partial charge on any atom is 0.332 e. The highest BCUT2D eigenvalue weighted by Gasteiger charge is 2.35. The maximum absolute atomic E-state index is 12.5. The Morgan fingerprint density at radius 1 is 1.17 bits per heavy atom. The molecule has 5 nitrogen and oxygen atoms in total. The highest BCUT2D eigenvalue weighted by molar-refractivity contribution is 7.08. The lowest BCUT2D eigenvalue weighted by atomic mass is 10.0. The summed E-state index contributed by atoms with van der Waals surface area (Å²) in [5.74, 6) is -1.33. The van der Waals surface area contributed by atoms with Crippen molar-refractivity contribution in [3.63, 3.8) is 0 Å². The average molecular weight is 366 g/mol. The van der Waals surface area contributed by atoms with Gasteiger partial charge in [-0.05, 0) is 52.9 Å². The fourth-order valence-corrected chi connectivity index (χ4v) is 3.51. The predicted octanol–water partition coefficient (Wildman–Crippen LogP) is 3.24. The zero-order valence-electron chi connectivity index (χ0n) is 12.6. The molecular formula is C17H16ClNO4S. The van der Waals surface area contributed by atoms with Crippen molar-refractivity contribution in [2.75, 3.05) is 0 Å². The molecule has 24 heavy (non-hydrogen) atoms. The number of amides is 1. The van der Waals surface area contributed by atoms with Crippen LogP contribution in [0.2, 0.25) is 5.02 Å². The first-order valence-corrected chi connectivity index (χ1v) is 8.83. The van der Waals surface area contributed by atoms with E-state index in [-0.39, 0.29) is 11.9 Å². The normalized spacial score (nSPS) is 21.4. The number of carbonyl (C=O) groups excluding carboxylic acids is 1. The van der Waals surface area contributed by atoms with Crippen molar-refractivity contribution in [1.29, 1.82) is 0 Å². The third-order valence-corrected chi connectivity index (χ3v) is 4.91. The molecule has 126 valence electrons. The highest BCUT2D eigenvalue weighted by atomic mass is 35.5. The van der Waals surface area contributed by atoms with Crippen molar-refractivity contribution in [2.24, 2.45) is 0 Å². The number of ether oxygens (including phenoxy) is 1. The molecule has 7 heteroatoms. The molecule has 3 atom stereocenters. The molecule has 1 saturated heterocycles. The Balaban J connectivity index is 1.76. The van der Waals surface area contributed by atoms with Gasteiger partial charge in [0.15, 0.2) is 6.10 Å². The van der Waals surface area contributed by atoms with Gasteiger partial charge in [0, 0.05) is 5.02 Å². The van der Waals surface area contributed by atoms with Gasteiger partial charge in [-0.1, -0.05) is 23.7 Å². The Kier molecular flexibility index (Phi) is 5.18. The third kappa shape index (κ3) is 3.77. The lowest BCUT2D eigenvalue weighted by molar-refractivity contribution is -0.151. The smallest absolute Gasteiger partial charge is 0.332 e. The number of nitrogens with one attached hydrogen (secondary N) is 1. The molecule has 1 aliphatic heterocycles. The Morgan fingerprint density at radius 2 is 1.88 bits per heavy atom. The fourth-order valence-electron chi connectivity index (χ4n) is 2.70. The summed E-state index contributed by atoms with van der Waals surface area (Å²) in [6, 6.07) is 8.89. The zero-order valence-corrected chi connectivity index (χ0v) is 14.2. The zero-order chi connectivity index (χ0) is 17.1. The van der Waals surface area contributed by atoms with E-state index in [1.165, 1.54) is 0 Å². The molecule has 1 unspecified atom stereocenters. The molecule has 1 fully saturated rings. The van der Waals surface area contributed by atoms with Crippen LogP contribution in [0, 0.1) is 0 Å². The quantitative estimate of drug-likeness (QED) is 0.852. The van der Waals surface area contributed by atoms with E-state index in [1.54, 1.807) is 23.5 Å². The molecule has 0 bridgehead atoms. The molecule has 2 N–H and O–H groups in total. The van der Waals surface area contributed by atoms with Crippen LogP contribution in [0.3, 0.4) is 0 Å². The lowest BCUT2D eigenvalue weighted by Gasteiger charge is -2.21.